The van der Waals surface area contributed by atoms with Gasteiger partial charge in [0, 0.05) is 37.3 Å². The quantitative estimate of drug-likeness (QED) is 0.505. The van der Waals surface area contributed by atoms with Gasteiger partial charge in [0.1, 0.15) is 23.9 Å². The van der Waals surface area contributed by atoms with Gasteiger partial charge in [0.2, 0.25) is 0 Å². The Hall–Kier alpha value is -3.45. The number of nitrogens with one attached hydrogen (secondary N) is 1. The number of para-hydroxylation sites is 1. The van der Waals surface area contributed by atoms with E-state index in [9.17, 15) is 0 Å². The molecule has 1 aliphatic rings. The minimum Gasteiger partial charge on any atom is -0.487 e. The van der Waals surface area contributed by atoms with Crippen LogP contribution in [0.15, 0.2) is 67.3 Å². The van der Waals surface area contributed by atoms with Gasteiger partial charge in [-0.1, -0.05) is 18.2 Å². The lowest BCUT2D eigenvalue weighted by atomic mass is 10.1. The van der Waals surface area contributed by atoms with E-state index in [0.717, 1.165) is 60.2 Å². The molecule has 5 rings (SSSR count). The van der Waals surface area contributed by atoms with Crippen molar-refractivity contribution in [2.75, 3.05) is 18.5 Å². The molecule has 0 aliphatic carbocycles. The van der Waals surface area contributed by atoms with Crippen LogP contribution in [0, 0.1) is 0 Å². The molecular formula is C23H23N5O2. The van der Waals surface area contributed by atoms with Crippen molar-refractivity contribution in [3.05, 3.63) is 72.9 Å². The molecule has 0 spiro atoms. The molecular weight excluding hydrogens is 378 g/mol. The van der Waals surface area contributed by atoms with Gasteiger partial charge in [0.25, 0.3) is 0 Å². The molecule has 1 N–H and O–H groups in total. The number of anilines is 1. The second-order valence-corrected chi connectivity index (χ2v) is 7.24. The largest absolute Gasteiger partial charge is 0.487 e. The van der Waals surface area contributed by atoms with Crippen LogP contribution in [0.5, 0.6) is 5.75 Å². The summed E-state index contributed by atoms with van der Waals surface area (Å²) >= 11 is 0. The molecule has 0 amide bonds. The van der Waals surface area contributed by atoms with E-state index in [-0.39, 0.29) is 6.10 Å². The maximum atomic E-state index is 6.13. The summed E-state index contributed by atoms with van der Waals surface area (Å²) in [5.41, 5.74) is 3.41. The third-order valence-corrected chi connectivity index (χ3v) is 5.20. The molecule has 4 heterocycles. The number of hydrogen-bond acceptors (Lipinski definition) is 6. The zero-order valence-electron chi connectivity index (χ0n) is 16.6. The van der Waals surface area contributed by atoms with Crippen LogP contribution in [0.4, 0.5) is 5.82 Å². The lowest BCUT2D eigenvalue weighted by molar-refractivity contribution is 0.120. The summed E-state index contributed by atoms with van der Waals surface area (Å²) in [5, 5.41) is 3.56. The van der Waals surface area contributed by atoms with Gasteiger partial charge in [-0.3, -0.25) is 14.4 Å². The minimum atomic E-state index is 0.223. The van der Waals surface area contributed by atoms with Crippen molar-refractivity contribution in [1.29, 1.82) is 0 Å². The average molecular weight is 401 g/mol. The number of rotatable bonds is 7. The Morgan fingerprint density at radius 1 is 1.13 bits per heavy atom. The summed E-state index contributed by atoms with van der Waals surface area (Å²) in [4.78, 5) is 13.4. The van der Waals surface area contributed by atoms with Gasteiger partial charge in [-0.05, 0) is 37.1 Å². The Labute approximate surface area is 174 Å². The number of pyridine rings is 1. The fourth-order valence-corrected chi connectivity index (χ4v) is 3.70. The molecule has 152 valence electrons. The van der Waals surface area contributed by atoms with E-state index >= 15 is 0 Å². The van der Waals surface area contributed by atoms with Crippen molar-refractivity contribution >= 4 is 11.5 Å². The summed E-state index contributed by atoms with van der Waals surface area (Å²) in [6.07, 6.45) is 9.62. The van der Waals surface area contributed by atoms with Crippen LogP contribution in [0.2, 0.25) is 0 Å². The summed E-state index contributed by atoms with van der Waals surface area (Å²) < 4.78 is 13.9. The van der Waals surface area contributed by atoms with Crippen molar-refractivity contribution in [3.8, 4) is 17.0 Å². The number of ether oxygens (including phenoxy) is 2. The highest BCUT2D eigenvalue weighted by Gasteiger charge is 2.20. The van der Waals surface area contributed by atoms with Crippen LogP contribution in [0.25, 0.3) is 16.9 Å². The molecule has 0 bridgehead atoms. The fraction of sp³-hybridized carbons (Fsp3) is 0.261. The van der Waals surface area contributed by atoms with Gasteiger partial charge >= 0.3 is 0 Å². The van der Waals surface area contributed by atoms with Crippen LogP contribution >= 0.6 is 0 Å². The first-order valence-corrected chi connectivity index (χ1v) is 10.2. The first-order chi connectivity index (χ1) is 14.9. The Bertz CT molecular complexity index is 1120. The van der Waals surface area contributed by atoms with Gasteiger partial charge in [0.05, 0.1) is 18.0 Å². The Morgan fingerprint density at radius 2 is 2.07 bits per heavy atom. The predicted molar refractivity (Wildman–Crippen MR) is 114 cm³/mol. The van der Waals surface area contributed by atoms with Crippen LogP contribution in [-0.4, -0.2) is 38.6 Å². The van der Waals surface area contributed by atoms with Crippen LogP contribution < -0.4 is 10.1 Å². The number of nitrogens with zero attached hydrogens (tertiary/aromatic N) is 4. The van der Waals surface area contributed by atoms with E-state index in [0.29, 0.717) is 6.61 Å². The minimum absolute atomic E-state index is 0.223. The van der Waals surface area contributed by atoms with Gasteiger partial charge < -0.3 is 14.8 Å². The van der Waals surface area contributed by atoms with Gasteiger partial charge in [-0.25, -0.2) is 4.98 Å². The standard InChI is InChI=1S/C23H23N5O2/c1-2-9-20(30-16-17-6-3-4-10-25-17)19(8-1)22-23(26-14-18-7-5-13-29-18)28-12-11-24-15-21(28)27-22/h1-4,6,8-12,15,18,26H,5,7,13-14,16H2/t18-/m0/s1. The highest BCUT2D eigenvalue weighted by molar-refractivity contribution is 5.80. The number of fused-ring (bicyclic) bond motifs is 1. The topological polar surface area (TPSA) is 73.6 Å². The van der Waals surface area contributed by atoms with E-state index in [1.54, 1.807) is 18.6 Å². The van der Waals surface area contributed by atoms with Crippen LogP contribution in [-0.2, 0) is 11.3 Å². The fourth-order valence-electron chi connectivity index (χ4n) is 3.70. The monoisotopic (exact) mass is 401 g/mol. The van der Waals surface area contributed by atoms with Gasteiger partial charge in [-0.2, -0.15) is 0 Å². The van der Waals surface area contributed by atoms with Crippen LogP contribution in [0.1, 0.15) is 18.5 Å². The predicted octanol–water partition coefficient (Wildman–Crippen LogP) is 3.96. The normalized spacial score (nSPS) is 16.1. The smallest absolute Gasteiger partial charge is 0.157 e. The maximum absolute atomic E-state index is 6.13. The van der Waals surface area contributed by atoms with Gasteiger partial charge in [0.15, 0.2) is 5.65 Å². The summed E-state index contributed by atoms with van der Waals surface area (Å²) in [7, 11) is 0. The van der Waals surface area contributed by atoms with E-state index in [2.05, 4.69) is 15.3 Å². The summed E-state index contributed by atoms with van der Waals surface area (Å²) in [5.74, 6) is 1.68. The van der Waals surface area contributed by atoms with Crippen LogP contribution in [0.3, 0.4) is 0 Å². The summed E-state index contributed by atoms with van der Waals surface area (Å²) in [6, 6.07) is 13.8. The lowest BCUT2D eigenvalue weighted by Crippen LogP contribution is -2.19. The molecule has 30 heavy (non-hydrogen) atoms. The van der Waals surface area contributed by atoms with E-state index in [1.165, 1.54) is 0 Å². The molecule has 4 aromatic rings. The number of imidazole rings is 1. The molecule has 7 heteroatoms. The first kappa shape index (κ1) is 18.6. The Kier molecular flexibility index (Phi) is 5.26. The molecule has 0 unspecified atom stereocenters. The zero-order chi connectivity index (χ0) is 20.2. The third-order valence-electron chi connectivity index (χ3n) is 5.20. The van der Waals surface area contributed by atoms with E-state index in [1.807, 2.05) is 53.1 Å². The number of benzene rings is 1. The van der Waals surface area contributed by atoms with Crippen molar-refractivity contribution in [3.63, 3.8) is 0 Å². The molecule has 7 nitrogen and oxygen atoms in total. The Balaban J connectivity index is 1.48. The second-order valence-electron chi connectivity index (χ2n) is 7.24. The highest BCUT2D eigenvalue weighted by atomic mass is 16.5. The molecule has 1 saturated heterocycles. The Morgan fingerprint density at radius 3 is 2.93 bits per heavy atom. The molecule has 1 aliphatic heterocycles. The average Bonchev–Trinajstić information content (AvgIpc) is 3.45. The molecule has 1 atom stereocenters. The van der Waals surface area contributed by atoms with Gasteiger partial charge in [-0.15, -0.1) is 0 Å². The lowest BCUT2D eigenvalue weighted by Gasteiger charge is -2.15. The number of hydrogen-bond donors (Lipinski definition) is 1. The third kappa shape index (κ3) is 3.84. The maximum Gasteiger partial charge on any atom is 0.157 e. The van der Waals surface area contributed by atoms with Crippen molar-refractivity contribution in [1.82, 2.24) is 19.4 Å². The van der Waals surface area contributed by atoms with E-state index in [4.69, 9.17) is 14.5 Å². The van der Waals surface area contributed by atoms with E-state index < -0.39 is 0 Å². The second kappa shape index (κ2) is 8.51. The van der Waals surface area contributed by atoms with Crippen molar-refractivity contribution in [2.45, 2.75) is 25.6 Å². The molecule has 1 aromatic carbocycles. The number of aromatic nitrogens is 4. The molecule has 1 fully saturated rings. The molecule has 0 radical (unpaired) electrons. The highest BCUT2D eigenvalue weighted by Crippen LogP contribution is 2.35. The van der Waals surface area contributed by atoms with Crippen molar-refractivity contribution < 1.29 is 9.47 Å². The first-order valence-electron chi connectivity index (χ1n) is 10.2. The SMILES string of the molecule is c1ccc(COc2ccccc2-c2nc3cnccn3c2NC[C@@H]2CCCO2)nc1. The molecule has 3 aromatic heterocycles. The van der Waals surface area contributed by atoms with Crippen molar-refractivity contribution in [2.24, 2.45) is 0 Å². The summed E-state index contributed by atoms with van der Waals surface area (Å²) in [6.45, 7) is 1.96. The zero-order valence-corrected chi connectivity index (χ0v) is 16.6. The molecule has 0 saturated carbocycles.